The molecule has 0 amide bonds. The zero-order valence-electron chi connectivity index (χ0n) is 10.1. The molecule has 0 spiro atoms. The molecule has 0 atom stereocenters. The smallest absolute Gasteiger partial charge is 0.478 e. The molecule has 0 bridgehead atoms. The number of hydrogen-bond acceptors (Lipinski definition) is 4. The SMILES string of the molecule is CCS(=O)(=O)Nc1ccc(C(=O)O)cc1OC(F)(F)F. The maximum atomic E-state index is 12.2. The second kappa shape index (κ2) is 5.57. The lowest BCUT2D eigenvalue weighted by atomic mass is 10.2. The zero-order chi connectivity index (χ0) is 15.6. The largest absolute Gasteiger partial charge is 0.573 e. The third-order valence-corrected chi connectivity index (χ3v) is 3.39. The minimum atomic E-state index is -5.08. The Morgan fingerprint density at radius 1 is 1.40 bits per heavy atom. The summed E-state index contributed by atoms with van der Waals surface area (Å²) in [7, 11) is -3.83. The third-order valence-electron chi connectivity index (χ3n) is 2.10. The van der Waals surface area contributed by atoms with E-state index in [1.54, 1.807) is 0 Å². The molecule has 0 aliphatic rings. The highest BCUT2D eigenvalue weighted by atomic mass is 32.2. The predicted octanol–water partition coefficient (Wildman–Crippen LogP) is 2.04. The average molecular weight is 313 g/mol. The van der Waals surface area contributed by atoms with Crippen LogP contribution in [0.3, 0.4) is 0 Å². The van der Waals surface area contributed by atoms with Crippen LogP contribution in [0.5, 0.6) is 5.75 Å². The minimum Gasteiger partial charge on any atom is -0.478 e. The first-order valence-corrected chi connectivity index (χ1v) is 6.83. The first kappa shape index (κ1) is 16.1. The highest BCUT2D eigenvalue weighted by Gasteiger charge is 2.33. The second-order valence-electron chi connectivity index (χ2n) is 3.57. The van der Waals surface area contributed by atoms with Crippen LogP contribution in [-0.2, 0) is 10.0 Å². The van der Waals surface area contributed by atoms with Crippen LogP contribution < -0.4 is 9.46 Å². The lowest BCUT2D eigenvalue weighted by Gasteiger charge is -2.15. The lowest BCUT2D eigenvalue weighted by Crippen LogP contribution is -2.20. The van der Waals surface area contributed by atoms with Gasteiger partial charge in [0, 0.05) is 0 Å². The summed E-state index contributed by atoms with van der Waals surface area (Å²) in [5, 5.41) is 8.70. The van der Waals surface area contributed by atoms with Gasteiger partial charge in [-0.1, -0.05) is 0 Å². The van der Waals surface area contributed by atoms with Crippen molar-refractivity contribution in [1.29, 1.82) is 0 Å². The summed E-state index contributed by atoms with van der Waals surface area (Å²) in [5.74, 6) is -2.77. The van der Waals surface area contributed by atoms with Gasteiger partial charge < -0.3 is 9.84 Å². The second-order valence-corrected chi connectivity index (χ2v) is 5.58. The van der Waals surface area contributed by atoms with Crippen molar-refractivity contribution >= 4 is 21.7 Å². The van der Waals surface area contributed by atoms with Crippen molar-refractivity contribution in [2.75, 3.05) is 10.5 Å². The van der Waals surface area contributed by atoms with Gasteiger partial charge in [-0.2, -0.15) is 0 Å². The maximum Gasteiger partial charge on any atom is 0.573 e. The van der Waals surface area contributed by atoms with E-state index in [9.17, 15) is 26.4 Å². The molecule has 10 heteroatoms. The number of rotatable bonds is 5. The van der Waals surface area contributed by atoms with Crippen LogP contribution in [-0.4, -0.2) is 31.6 Å². The molecule has 1 aromatic rings. The number of alkyl halides is 3. The quantitative estimate of drug-likeness (QED) is 0.868. The minimum absolute atomic E-state index is 0.362. The number of aromatic carboxylic acids is 1. The van der Waals surface area contributed by atoms with Gasteiger partial charge in [-0.25, -0.2) is 13.2 Å². The standard InChI is InChI=1S/C10H10F3NO5S/c1-2-20(17,18)14-7-4-3-6(9(15)16)5-8(7)19-10(11,12)13/h3-5,14H,2H2,1H3,(H,15,16). The summed E-state index contributed by atoms with van der Waals surface area (Å²) < 4.78 is 64.9. The molecule has 20 heavy (non-hydrogen) atoms. The number of carboxylic acid groups (broad SMARTS) is 1. The maximum absolute atomic E-state index is 12.2. The van der Waals surface area contributed by atoms with E-state index in [0.717, 1.165) is 12.1 Å². The van der Waals surface area contributed by atoms with Crippen molar-refractivity contribution in [3.05, 3.63) is 23.8 Å². The van der Waals surface area contributed by atoms with Crippen molar-refractivity contribution in [3.63, 3.8) is 0 Å². The normalized spacial score (nSPS) is 12.0. The Kier molecular flexibility index (Phi) is 4.48. The third kappa shape index (κ3) is 4.61. The van der Waals surface area contributed by atoms with E-state index in [1.165, 1.54) is 6.92 Å². The first-order chi connectivity index (χ1) is 9.04. The fourth-order valence-electron chi connectivity index (χ4n) is 1.19. The van der Waals surface area contributed by atoms with Gasteiger partial charge >= 0.3 is 12.3 Å². The number of nitrogens with one attached hydrogen (secondary N) is 1. The fourth-order valence-corrected chi connectivity index (χ4v) is 1.84. The Hall–Kier alpha value is -1.97. The van der Waals surface area contributed by atoms with Gasteiger partial charge in [0.1, 0.15) is 0 Å². The molecule has 0 unspecified atom stereocenters. The van der Waals surface area contributed by atoms with E-state index in [2.05, 4.69) is 4.74 Å². The molecule has 0 fully saturated rings. The number of halogens is 3. The van der Waals surface area contributed by atoms with Gasteiger partial charge in [0.25, 0.3) is 0 Å². The van der Waals surface area contributed by atoms with E-state index in [-0.39, 0.29) is 5.75 Å². The summed E-state index contributed by atoms with van der Waals surface area (Å²) in [4.78, 5) is 10.7. The summed E-state index contributed by atoms with van der Waals surface area (Å²) in [6.07, 6.45) is -5.08. The highest BCUT2D eigenvalue weighted by Crippen LogP contribution is 2.32. The van der Waals surface area contributed by atoms with Crippen molar-refractivity contribution in [1.82, 2.24) is 0 Å². The molecule has 0 radical (unpaired) electrons. The van der Waals surface area contributed by atoms with Crippen LogP contribution in [0.4, 0.5) is 18.9 Å². The predicted molar refractivity (Wildman–Crippen MR) is 63.2 cm³/mol. The monoisotopic (exact) mass is 313 g/mol. The Balaban J connectivity index is 3.25. The molecular formula is C10H10F3NO5S. The summed E-state index contributed by atoms with van der Waals surface area (Å²) in [6.45, 7) is 1.29. The molecule has 1 rings (SSSR count). The molecule has 112 valence electrons. The Labute approximate surface area is 112 Å². The zero-order valence-corrected chi connectivity index (χ0v) is 10.9. The van der Waals surface area contributed by atoms with Gasteiger partial charge in [-0.05, 0) is 25.1 Å². The molecule has 1 aromatic carbocycles. The number of carboxylic acids is 1. The Bertz CT molecular complexity index is 612. The van der Waals surface area contributed by atoms with Crippen LogP contribution in [0.15, 0.2) is 18.2 Å². The molecule has 0 saturated carbocycles. The molecule has 0 aliphatic carbocycles. The lowest BCUT2D eigenvalue weighted by molar-refractivity contribution is -0.274. The van der Waals surface area contributed by atoms with E-state index in [4.69, 9.17) is 5.11 Å². The number of benzene rings is 1. The van der Waals surface area contributed by atoms with Crippen LogP contribution in [0.25, 0.3) is 0 Å². The number of carbonyl (C=O) groups is 1. The van der Waals surface area contributed by atoms with E-state index < -0.39 is 39.4 Å². The van der Waals surface area contributed by atoms with E-state index in [0.29, 0.717) is 6.07 Å². The molecule has 0 heterocycles. The average Bonchev–Trinajstić information content (AvgIpc) is 2.29. The van der Waals surface area contributed by atoms with E-state index >= 15 is 0 Å². The topological polar surface area (TPSA) is 92.7 Å². The Morgan fingerprint density at radius 2 is 2.00 bits per heavy atom. The molecule has 6 nitrogen and oxygen atoms in total. The molecule has 0 aliphatic heterocycles. The number of hydrogen-bond donors (Lipinski definition) is 2. The molecular weight excluding hydrogens is 303 g/mol. The van der Waals surface area contributed by atoms with Crippen molar-refractivity contribution in [3.8, 4) is 5.75 Å². The Morgan fingerprint density at radius 3 is 2.45 bits per heavy atom. The van der Waals surface area contributed by atoms with Crippen molar-refractivity contribution in [2.45, 2.75) is 13.3 Å². The molecule has 0 saturated heterocycles. The van der Waals surface area contributed by atoms with E-state index in [1.807, 2.05) is 4.72 Å². The molecule has 0 aromatic heterocycles. The van der Waals surface area contributed by atoms with Gasteiger partial charge in [-0.3, -0.25) is 4.72 Å². The first-order valence-electron chi connectivity index (χ1n) is 5.17. The van der Waals surface area contributed by atoms with Gasteiger partial charge in [0.15, 0.2) is 5.75 Å². The number of sulfonamides is 1. The fraction of sp³-hybridized carbons (Fsp3) is 0.300. The number of anilines is 1. The molecule has 2 N–H and O–H groups in total. The van der Waals surface area contributed by atoms with Crippen LogP contribution in [0, 0.1) is 0 Å². The number of ether oxygens (including phenoxy) is 1. The summed E-state index contributed by atoms with van der Waals surface area (Å²) in [5.41, 5.74) is -0.960. The van der Waals surface area contributed by atoms with Crippen molar-refractivity contribution in [2.24, 2.45) is 0 Å². The van der Waals surface area contributed by atoms with Gasteiger partial charge in [0.2, 0.25) is 10.0 Å². The van der Waals surface area contributed by atoms with Crippen molar-refractivity contribution < 1.29 is 36.2 Å². The highest BCUT2D eigenvalue weighted by molar-refractivity contribution is 7.92. The van der Waals surface area contributed by atoms with Crippen LogP contribution in [0.2, 0.25) is 0 Å². The van der Waals surface area contributed by atoms with Crippen LogP contribution in [0.1, 0.15) is 17.3 Å². The van der Waals surface area contributed by atoms with Gasteiger partial charge in [-0.15, -0.1) is 13.2 Å². The van der Waals surface area contributed by atoms with Crippen LogP contribution >= 0.6 is 0 Å². The van der Waals surface area contributed by atoms with Gasteiger partial charge in [0.05, 0.1) is 17.0 Å². The summed E-state index contributed by atoms with van der Waals surface area (Å²) in [6, 6.07) is 2.43. The summed E-state index contributed by atoms with van der Waals surface area (Å²) >= 11 is 0.